The maximum Gasteiger partial charge on any atom is 0.221 e. The second-order valence-electron chi connectivity index (χ2n) is 7.80. The van der Waals surface area contributed by atoms with Gasteiger partial charge in [-0.3, -0.25) is 4.79 Å². The Bertz CT molecular complexity index is 838. The van der Waals surface area contributed by atoms with Gasteiger partial charge in [0.25, 0.3) is 0 Å². The zero-order valence-corrected chi connectivity index (χ0v) is 17.2. The van der Waals surface area contributed by atoms with Crippen molar-refractivity contribution >= 4 is 11.6 Å². The van der Waals surface area contributed by atoms with Crippen LogP contribution in [0.15, 0.2) is 30.3 Å². The molecule has 1 heterocycles. The number of piperidine rings is 1. The molecule has 1 amide bonds. The van der Waals surface area contributed by atoms with E-state index in [2.05, 4.69) is 48.5 Å². The summed E-state index contributed by atoms with van der Waals surface area (Å²) in [5, 5.41) is 14.1. The smallest absolute Gasteiger partial charge is 0.221 e. The molecular formula is C23H30N2O3. The number of phenols is 1. The lowest BCUT2D eigenvalue weighted by molar-refractivity contribution is -0.114. The molecule has 5 nitrogen and oxygen atoms in total. The first-order valence-electron chi connectivity index (χ1n) is 9.83. The Balaban J connectivity index is 2.04. The van der Waals surface area contributed by atoms with Crippen LogP contribution in [-0.4, -0.2) is 43.2 Å². The monoisotopic (exact) mass is 382 g/mol. The second kappa shape index (κ2) is 8.65. The van der Waals surface area contributed by atoms with Crippen LogP contribution in [0.5, 0.6) is 11.5 Å². The molecule has 0 atom stereocenters. The zero-order valence-electron chi connectivity index (χ0n) is 17.2. The molecule has 5 heteroatoms. The fourth-order valence-electron chi connectivity index (χ4n) is 4.01. The fourth-order valence-corrected chi connectivity index (χ4v) is 4.01. The van der Waals surface area contributed by atoms with E-state index in [1.54, 1.807) is 7.11 Å². The maximum absolute atomic E-state index is 11.8. The molecule has 28 heavy (non-hydrogen) atoms. The number of amides is 1. The van der Waals surface area contributed by atoms with Gasteiger partial charge >= 0.3 is 0 Å². The van der Waals surface area contributed by atoms with Crippen molar-refractivity contribution in [3.05, 3.63) is 52.6 Å². The number of benzene rings is 2. The SMILES string of the molecule is COc1c(Cc2ccc(C)cc2)cc(NC(C)=O)c(C2CCN(C)CC2)c1O. The molecule has 1 saturated heterocycles. The summed E-state index contributed by atoms with van der Waals surface area (Å²) < 4.78 is 5.61. The standard InChI is InChI=1S/C23H30N2O3/c1-15-5-7-17(8-6-15)13-19-14-20(24-16(2)26)21(22(27)23(19)28-4)18-9-11-25(3)12-10-18/h5-8,14,18,27H,9-13H2,1-4H3,(H,24,26). The first-order valence-corrected chi connectivity index (χ1v) is 9.83. The number of nitrogens with zero attached hydrogens (tertiary/aromatic N) is 1. The van der Waals surface area contributed by atoms with E-state index in [4.69, 9.17) is 4.74 Å². The largest absolute Gasteiger partial charge is 0.504 e. The number of aromatic hydroxyl groups is 1. The predicted octanol–water partition coefficient (Wildman–Crippen LogP) is 4.07. The summed E-state index contributed by atoms with van der Waals surface area (Å²) in [7, 11) is 3.69. The van der Waals surface area contributed by atoms with Crippen molar-refractivity contribution in [2.75, 3.05) is 32.6 Å². The molecule has 0 bridgehead atoms. The van der Waals surface area contributed by atoms with Gasteiger partial charge in [-0.25, -0.2) is 0 Å². The summed E-state index contributed by atoms with van der Waals surface area (Å²) in [6.45, 7) is 5.49. The molecular weight excluding hydrogens is 352 g/mol. The van der Waals surface area contributed by atoms with Gasteiger partial charge in [0.1, 0.15) is 0 Å². The van der Waals surface area contributed by atoms with Gasteiger partial charge in [-0.05, 0) is 57.5 Å². The molecule has 150 valence electrons. The van der Waals surface area contributed by atoms with Crippen LogP contribution >= 0.6 is 0 Å². The van der Waals surface area contributed by atoms with Gasteiger partial charge in [0.2, 0.25) is 5.91 Å². The maximum atomic E-state index is 11.8. The van der Waals surface area contributed by atoms with Crippen molar-refractivity contribution in [3.8, 4) is 11.5 Å². The number of methoxy groups -OCH3 is 1. The van der Waals surface area contributed by atoms with E-state index in [1.165, 1.54) is 12.5 Å². The first kappa shape index (κ1) is 20.2. The van der Waals surface area contributed by atoms with E-state index in [0.717, 1.165) is 42.6 Å². The Morgan fingerprint density at radius 3 is 2.46 bits per heavy atom. The summed E-state index contributed by atoms with van der Waals surface area (Å²) in [6, 6.07) is 10.3. The molecule has 2 aromatic carbocycles. The topological polar surface area (TPSA) is 61.8 Å². The number of carbonyl (C=O) groups excluding carboxylic acids is 1. The Morgan fingerprint density at radius 1 is 1.25 bits per heavy atom. The van der Waals surface area contributed by atoms with Gasteiger partial charge in [-0.1, -0.05) is 29.8 Å². The highest BCUT2D eigenvalue weighted by atomic mass is 16.5. The molecule has 1 fully saturated rings. The number of nitrogens with one attached hydrogen (secondary N) is 1. The van der Waals surface area contributed by atoms with Crippen LogP contribution < -0.4 is 10.1 Å². The molecule has 0 aromatic heterocycles. The lowest BCUT2D eigenvalue weighted by Crippen LogP contribution is -2.29. The Hall–Kier alpha value is -2.53. The molecule has 1 aliphatic heterocycles. The van der Waals surface area contributed by atoms with Crippen LogP contribution in [0.4, 0.5) is 5.69 Å². The van der Waals surface area contributed by atoms with Gasteiger partial charge in [-0.2, -0.15) is 0 Å². The number of likely N-dealkylation sites (tertiary alicyclic amines) is 1. The number of ether oxygens (including phenoxy) is 1. The summed E-state index contributed by atoms with van der Waals surface area (Å²) in [5.74, 6) is 0.717. The molecule has 1 aliphatic rings. The van der Waals surface area contributed by atoms with Gasteiger partial charge in [0, 0.05) is 30.2 Å². The van der Waals surface area contributed by atoms with Crippen LogP contribution in [0.2, 0.25) is 0 Å². The number of phenolic OH excluding ortho intramolecular Hbond substituents is 1. The lowest BCUT2D eigenvalue weighted by atomic mass is 9.86. The molecule has 0 radical (unpaired) electrons. The third-order valence-electron chi connectivity index (χ3n) is 5.53. The third-order valence-corrected chi connectivity index (χ3v) is 5.53. The van der Waals surface area contributed by atoms with Crippen molar-refractivity contribution in [2.45, 2.75) is 39.0 Å². The minimum Gasteiger partial charge on any atom is -0.504 e. The number of hydrogen-bond acceptors (Lipinski definition) is 4. The fraction of sp³-hybridized carbons (Fsp3) is 0.435. The van der Waals surface area contributed by atoms with E-state index in [1.807, 2.05) is 6.07 Å². The van der Waals surface area contributed by atoms with Crippen LogP contribution in [0, 0.1) is 6.92 Å². The Morgan fingerprint density at radius 2 is 1.89 bits per heavy atom. The quantitative estimate of drug-likeness (QED) is 0.818. The van der Waals surface area contributed by atoms with Crippen LogP contribution in [0.25, 0.3) is 0 Å². The molecule has 2 N–H and O–H groups in total. The van der Waals surface area contributed by atoms with Crippen LogP contribution in [-0.2, 0) is 11.2 Å². The van der Waals surface area contributed by atoms with E-state index in [9.17, 15) is 9.90 Å². The average molecular weight is 383 g/mol. The summed E-state index contributed by atoms with van der Waals surface area (Å²) in [6.07, 6.45) is 2.51. The highest BCUT2D eigenvalue weighted by molar-refractivity contribution is 5.91. The minimum absolute atomic E-state index is 0.139. The van der Waals surface area contributed by atoms with Crippen LogP contribution in [0.3, 0.4) is 0 Å². The molecule has 0 saturated carbocycles. The molecule has 3 rings (SSSR count). The van der Waals surface area contributed by atoms with Gasteiger partial charge in [0.05, 0.1) is 7.11 Å². The van der Waals surface area contributed by atoms with E-state index < -0.39 is 0 Å². The average Bonchev–Trinajstić information content (AvgIpc) is 2.65. The summed E-state index contributed by atoms with van der Waals surface area (Å²) in [4.78, 5) is 14.1. The normalized spacial score (nSPS) is 15.4. The molecule has 2 aromatic rings. The van der Waals surface area contributed by atoms with E-state index in [0.29, 0.717) is 17.9 Å². The van der Waals surface area contributed by atoms with Gasteiger partial charge < -0.3 is 20.1 Å². The first-order chi connectivity index (χ1) is 13.4. The van der Waals surface area contributed by atoms with Gasteiger partial charge in [-0.15, -0.1) is 0 Å². The summed E-state index contributed by atoms with van der Waals surface area (Å²) >= 11 is 0. The molecule has 0 unspecified atom stereocenters. The predicted molar refractivity (Wildman–Crippen MR) is 112 cm³/mol. The highest BCUT2D eigenvalue weighted by Gasteiger charge is 2.28. The third kappa shape index (κ3) is 4.47. The van der Waals surface area contributed by atoms with Crippen molar-refractivity contribution in [3.63, 3.8) is 0 Å². The highest BCUT2D eigenvalue weighted by Crippen LogP contribution is 2.46. The van der Waals surface area contributed by atoms with E-state index in [-0.39, 0.29) is 17.6 Å². The summed E-state index contributed by atoms with van der Waals surface area (Å²) in [5.41, 5.74) is 4.69. The number of aryl methyl sites for hydroxylation is 1. The van der Waals surface area contributed by atoms with Crippen molar-refractivity contribution < 1.29 is 14.6 Å². The number of hydrogen-bond donors (Lipinski definition) is 2. The Labute approximate surface area is 167 Å². The van der Waals surface area contributed by atoms with Crippen molar-refractivity contribution in [2.24, 2.45) is 0 Å². The van der Waals surface area contributed by atoms with Crippen molar-refractivity contribution in [1.29, 1.82) is 0 Å². The van der Waals surface area contributed by atoms with Gasteiger partial charge in [0.15, 0.2) is 11.5 Å². The lowest BCUT2D eigenvalue weighted by Gasteiger charge is -2.31. The minimum atomic E-state index is -0.139. The Kier molecular flexibility index (Phi) is 6.25. The van der Waals surface area contributed by atoms with Crippen LogP contribution in [0.1, 0.15) is 47.9 Å². The van der Waals surface area contributed by atoms with Crippen molar-refractivity contribution in [1.82, 2.24) is 4.90 Å². The molecule has 0 spiro atoms. The number of rotatable bonds is 5. The molecule has 0 aliphatic carbocycles. The zero-order chi connectivity index (χ0) is 20.3. The number of anilines is 1. The second-order valence-corrected chi connectivity index (χ2v) is 7.80. The number of carbonyl (C=O) groups is 1. The van der Waals surface area contributed by atoms with E-state index >= 15 is 0 Å².